The van der Waals surface area contributed by atoms with Crippen molar-refractivity contribution in [1.29, 1.82) is 0 Å². The number of hydrogen-bond donors (Lipinski definition) is 1. The zero-order valence-electron chi connectivity index (χ0n) is 10.8. The summed E-state index contributed by atoms with van der Waals surface area (Å²) in [7, 11) is 3.21. The number of hydrogen-bond acceptors (Lipinski definition) is 6. The van der Waals surface area contributed by atoms with Gasteiger partial charge in [0.25, 0.3) is 0 Å². The molecule has 0 atom stereocenters. The second kappa shape index (κ2) is 6.29. The molecule has 0 aliphatic carbocycles. The molecule has 2 aromatic heterocycles. The molecule has 0 amide bonds. The summed E-state index contributed by atoms with van der Waals surface area (Å²) in [5, 5.41) is 0.890. The number of nitrogen functional groups attached to an aromatic ring is 1. The molecule has 100 valence electrons. The number of pyridine rings is 2. The van der Waals surface area contributed by atoms with Crippen molar-refractivity contribution in [1.82, 2.24) is 9.97 Å². The summed E-state index contributed by atoms with van der Waals surface area (Å²) in [5.74, 6) is 1.99. The van der Waals surface area contributed by atoms with Crippen LogP contribution in [0.2, 0.25) is 0 Å². The molecule has 0 aliphatic heterocycles. The first-order chi connectivity index (χ1) is 9.24. The molecule has 0 spiro atoms. The standard InChI is InChI=1S/C13H15N3O2S/c1-17-11-5-6-15-10(13(11)18-2)8-19-12-4-3-9(14)7-16-12/h3-7H,8,14H2,1-2H3. The lowest BCUT2D eigenvalue weighted by Gasteiger charge is -2.11. The lowest BCUT2D eigenvalue weighted by molar-refractivity contribution is 0.350. The summed E-state index contributed by atoms with van der Waals surface area (Å²) in [4.78, 5) is 8.54. The number of methoxy groups -OCH3 is 2. The molecule has 0 unspecified atom stereocenters. The van der Waals surface area contributed by atoms with Crippen molar-refractivity contribution >= 4 is 17.4 Å². The first kappa shape index (κ1) is 13.5. The molecular weight excluding hydrogens is 262 g/mol. The Morgan fingerprint density at radius 3 is 2.63 bits per heavy atom. The van der Waals surface area contributed by atoms with Crippen molar-refractivity contribution in [2.75, 3.05) is 20.0 Å². The summed E-state index contributed by atoms with van der Waals surface area (Å²) in [5.41, 5.74) is 7.08. The number of nitrogens with zero attached hydrogens (tertiary/aromatic N) is 2. The molecule has 0 saturated carbocycles. The van der Waals surface area contributed by atoms with Crippen LogP contribution in [-0.2, 0) is 5.75 Å². The quantitative estimate of drug-likeness (QED) is 0.846. The molecule has 2 aromatic rings. The monoisotopic (exact) mass is 277 g/mol. The van der Waals surface area contributed by atoms with Gasteiger partial charge in [-0.1, -0.05) is 11.8 Å². The van der Waals surface area contributed by atoms with Crippen LogP contribution in [0.4, 0.5) is 5.69 Å². The molecule has 19 heavy (non-hydrogen) atoms. The van der Waals surface area contributed by atoms with Gasteiger partial charge in [0.15, 0.2) is 11.5 Å². The fourth-order valence-corrected chi connectivity index (χ4v) is 2.35. The van der Waals surface area contributed by atoms with Crippen LogP contribution in [0.25, 0.3) is 0 Å². The van der Waals surface area contributed by atoms with Crippen LogP contribution in [0.1, 0.15) is 5.69 Å². The lowest BCUT2D eigenvalue weighted by Crippen LogP contribution is -1.97. The Labute approximate surface area is 116 Å². The van der Waals surface area contributed by atoms with E-state index in [1.165, 1.54) is 0 Å². The summed E-state index contributed by atoms with van der Waals surface area (Å²) in [6.07, 6.45) is 3.34. The van der Waals surface area contributed by atoms with Gasteiger partial charge in [-0.2, -0.15) is 0 Å². The average Bonchev–Trinajstić information content (AvgIpc) is 2.46. The van der Waals surface area contributed by atoms with Gasteiger partial charge in [0.05, 0.1) is 36.8 Å². The molecule has 5 nitrogen and oxygen atoms in total. The fraction of sp³-hybridized carbons (Fsp3) is 0.231. The maximum Gasteiger partial charge on any atom is 0.183 e. The van der Waals surface area contributed by atoms with E-state index in [2.05, 4.69) is 9.97 Å². The van der Waals surface area contributed by atoms with E-state index < -0.39 is 0 Å². The molecular formula is C13H15N3O2S. The van der Waals surface area contributed by atoms with Gasteiger partial charge in [0.1, 0.15) is 0 Å². The van der Waals surface area contributed by atoms with E-state index in [9.17, 15) is 0 Å². The molecule has 2 rings (SSSR count). The van der Waals surface area contributed by atoms with Gasteiger partial charge in [-0.25, -0.2) is 4.98 Å². The van der Waals surface area contributed by atoms with Crippen LogP contribution in [0.3, 0.4) is 0 Å². The Morgan fingerprint density at radius 1 is 1.16 bits per heavy atom. The van der Waals surface area contributed by atoms with Gasteiger partial charge in [0.2, 0.25) is 0 Å². The third kappa shape index (κ3) is 3.29. The third-order valence-electron chi connectivity index (χ3n) is 2.48. The number of aromatic nitrogens is 2. The van der Waals surface area contributed by atoms with Crippen molar-refractivity contribution in [3.63, 3.8) is 0 Å². The first-order valence-corrected chi connectivity index (χ1v) is 6.63. The summed E-state index contributed by atoms with van der Waals surface area (Å²) in [6.45, 7) is 0. The van der Waals surface area contributed by atoms with Gasteiger partial charge >= 0.3 is 0 Å². The van der Waals surface area contributed by atoms with Gasteiger partial charge < -0.3 is 15.2 Å². The minimum Gasteiger partial charge on any atom is -0.493 e. The number of ether oxygens (including phenoxy) is 2. The van der Waals surface area contributed by atoms with E-state index in [1.54, 1.807) is 44.4 Å². The molecule has 0 saturated heterocycles. The van der Waals surface area contributed by atoms with Crippen LogP contribution in [0, 0.1) is 0 Å². The maximum atomic E-state index is 5.60. The van der Waals surface area contributed by atoms with Crippen molar-refractivity contribution in [3.8, 4) is 11.5 Å². The number of nitrogens with two attached hydrogens (primary N) is 1. The van der Waals surface area contributed by atoms with E-state index in [0.717, 1.165) is 10.7 Å². The highest BCUT2D eigenvalue weighted by Crippen LogP contribution is 2.32. The molecule has 2 heterocycles. The maximum absolute atomic E-state index is 5.60. The summed E-state index contributed by atoms with van der Waals surface area (Å²) >= 11 is 1.57. The Bertz CT molecular complexity index is 546. The Morgan fingerprint density at radius 2 is 2.00 bits per heavy atom. The highest BCUT2D eigenvalue weighted by molar-refractivity contribution is 7.98. The highest BCUT2D eigenvalue weighted by atomic mass is 32.2. The number of rotatable bonds is 5. The first-order valence-electron chi connectivity index (χ1n) is 5.64. The average molecular weight is 277 g/mol. The molecule has 0 bridgehead atoms. The highest BCUT2D eigenvalue weighted by Gasteiger charge is 2.11. The zero-order valence-corrected chi connectivity index (χ0v) is 11.6. The van der Waals surface area contributed by atoms with Crippen LogP contribution in [-0.4, -0.2) is 24.2 Å². The van der Waals surface area contributed by atoms with Gasteiger partial charge in [0, 0.05) is 18.0 Å². The Hall–Kier alpha value is -1.95. The smallest absolute Gasteiger partial charge is 0.183 e. The van der Waals surface area contributed by atoms with Crippen LogP contribution in [0.15, 0.2) is 35.6 Å². The fourth-order valence-electron chi connectivity index (χ4n) is 1.57. The normalized spacial score (nSPS) is 10.2. The largest absolute Gasteiger partial charge is 0.493 e. The van der Waals surface area contributed by atoms with Crippen LogP contribution in [0.5, 0.6) is 11.5 Å². The second-order valence-corrected chi connectivity index (χ2v) is 4.71. The molecule has 0 fully saturated rings. The minimum atomic E-state index is 0.650. The van der Waals surface area contributed by atoms with Crippen molar-refractivity contribution < 1.29 is 9.47 Å². The zero-order chi connectivity index (χ0) is 13.7. The summed E-state index contributed by atoms with van der Waals surface area (Å²) in [6, 6.07) is 5.48. The van der Waals surface area contributed by atoms with E-state index in [1.807, 2.05) is 12.1 Å². The van der Waals surface area contributed by atoms with Gasteiger partial charge in [-0.15, -0.1) is 0 Å². The van der Waals surface area contributed by atoms with Crippen LogP contribution < -0.4 is 15.2 Å². The molecule has 0 aromatic carbocycles. The molecule has 0 aliphatic rings. The van der Waals surface area contributed by atoms with Crippen molar-refractivity contribution in [2.45, 2.75) is 10.8 Å². The van der Waals surface area contributed by atoms with Crippen LogP contribution >= 0.6 is 11.8 Å². The number of thioether (sulfide) groups is 1. The van der Waals surface area contributed by atoms with Crippen molar-refractivity contribution in [2.24, 2.45) is 0 Å². The molecule has 6 heteroatoms. The van der Waals surface area contributed by atoms with Gasteiger partial charge in [-0.05, 0) is 12.1 Å². The van der Waals surface area contributed by atoms with E-state index >= 15 is 0 Å². The predicted octanol–water partition coefficient (Wildman–Crippen LogP) is 2.37. The topological polar surface area (TPSA) is 70.3 Å². The Balaban J connectivity index is 2.13. The summed E-state index contributed by atoms with van der Waals surface area (Å²) < 4.78 is 10.6. The molecule has 2 N–H and O–H groups in total. The van der Waals surface area contributed by atoms with E-state index in [-0.39, 0.29) is 0 Å². The SMILES string of the molecule is COc1ccnc(CSc2ccc(N)cn2)c1OC. The third-order valence-corrected chi connectivity index (χ3v) is 3.44. The Kier molecular flexibility index (Phi) is 4.46. The second-order valence-electron chi connectivity index (χ2n) is 3.71. The predicted molar refractivity (Wildman–Crippen MR) is 75.6 cm³/mol. The van der Waals surface area contributed by atoms with Gasteiger partial charge in [-0.3, -0.25) is 4.98 Å². The van der Waals surface area contributed by atoms with E-state index in [4.69, 9.17) is 15.2 Å². The molecule has 0 radical (unpaired) electrons. The lowest BCUT2D eigenvalue weighted by atomic mass is 10.3. The minimum absolute atomic E-state index is 0.650. The number of anilines is 1. The van der Waals surface area contributed by atoms with E-state index in [0.29, 0.717) is 22.9 Å². The van der Waals surface area contributed by atoms with Crippen molar-refractivity contribution in [3.05, 3.63) is 36.3 Å².